The van der Waals surface area contributed by atoms with E-state index in [1.165, 1.54) is 6.33 Å². The van der Waals surface area contributed by atoms with Crippen LogP contribution >= 0.6 is 11.3 Å². The van der Waals surface area contributed by atoms with E-state index in [-0.39, 0.29) is 6.09 Å². The normalized spacial score (nSPS) is 14.3. The minimum absolute atomic E-state index is 0.281. The molecular formula is C18H21N7O2S. The van der Waals surface area contributed by atoms with Gasteiger partial charge in [-0.15, -0.1) is 0 Å². The summed E-state index contributed by atoms with van der Waals surface area (Å²) in [6, 6.07) is 7.93. The molecule has 1 fully saturated rings. The lowest BCUT2D eigenvalue weighted by atomic mass is 10.3. The molecule has 3 heterocycles. The first-order valence-electron chi connectivity index (χ1n) is 9.05. The number of nitrogens with zero attached hydrogens (tertiary/aromatic N) is 5. The van der Waals surface area contributed by atoms with Gasteiger partial charge in [0.15, 0.2) is 16.8 Å². The van der Waals surface area contributed by atoms with E-state index >= 15 is 0 Å². The van der Waals surface area contributed by atoms with Gasteiger partial charge in [-0.05, 0) is 19.1 Å². The third-order valence-electron chi connectivity index (χ3n) is 4.49. The average molecular weight is 399 g/mol. The van der Waals surface area contributed by atoms with Gasteiger partial charge < -0.3 is 25.6 Å². The Hall–Kier alpha value is -3.14. The summed E-state index contributed by atoms with van der Waals surface area (Å²) in [6.45, 7) is 4.54. The van der Waals surface area contributed by atoms with Crippen molar-refractivity contribution in [2.45, 2.75) is 6.92 Å². The molecule has 3 N–H and O–H groups in total. The second-order valence-electron chi connectivity index (χ2n) is 6.24. The van der Waals surface area contributed by atoms with E-state index < -0.39 is 0 Å². The number of aromatic nitrogens is 3. The number of carbonyl (C=O) groups excluding carboxylic acids is 1. The Labute approximate surface area is 166 Å². The molecule has 1 aliphatic heterocycles. The van der Waals surface area contributed by atoms with Gasteiger partial charge in [0.05, 0.1) is 16.8 Å². The van der Waals surface area contributed by atoms with E-state index in [0.29, 0.717) is 50.1 Å². The molecule has 10 heteroatoms. The molecule has 3 aromatic rings. The summed E-state index contributed by atoms with van der Waals surface area (Å²) >= 11 is 1.54. The fourth-order valence-corrected chi connectivity index (χ4v) is 3.95. The Morgan fingerprint density at radius 3 is 2.79 bits per heavy atom. The van der Waals surface area contributed by atoms with Gasteiger partial charge in [0.2, 0.25) is 0 Å². The number of piperazine rings is 1. The van der Waals surface area contributed by atoms with Crippen molar-refractivity contribution in [2.24, 2.45) is 0 Å². The topological polar surface area (TPSA) is 110 Å². The van der Waals surface area contributed by atoms with Crippen LogP contribution in [0.25, 0.3) is 10.2 Å². The number of carbonyl (C=O) groups is 1. The molecule has 0 atom stereocenters. The molecule has 0 bridgehead atoms. The summed E-state index contributed by atoms with van der Waals surface area (Å²) in [4.78, 5) is 28.8. The second kappa shape index (κ2) is 7.85. The number of fused-ring (bicyclic) bond motifs is 1. The van der Waals surface area contributed by atoms with Crippen molar-refractivity contribution in [3.63, 3.8) is 0 Å². The van der Waals surface area contributed by atoms with Crippen LogP contribution in [0.15, 0.2) is 30.6 Å². The lowest BCUT2D eigenvalue weighted by Gasteiger charge is -2.35. The van der Waals surface area contributed by atoms with Gasteiger partial charge in [-0.25, -0.2) is 19.7 Å². The quantitative estimate of drug-likeness (QED) is 0.689. The predicted octanol–water partition coefficient (Wildman–Crippen LogP) is 2.69. The molecule has 0 saturated carbocycles. The molecule has 0 aliphatic carbocycles. The van der Waals surface area contributed by atoms with E-state index in [0.717, 1.165) is 15.3 Å². The molecule has 1 amide bonds. The van der Waals surface area contributed by atoms with E-state index in [1.807, 2.05) is 24.3 Å². The van der Waals surface area contributed by atoms with Gasteiger partial charge in [-0.3, -0.25) is 0 Å². The first-order chi connectivity index (χ1) is 13.7. The highest BCUT2D eigenvalue weighted by atomic mass is 32.1. The van der Waals surface area contributed by atoms with Crippen molar-refractivity contribution >= 4 is 50.1 Å². The number of benzene rings is 1. The number of hydrogen-bond donors (Lipinski definition) is 2. The van der Waals surface area contributed by atoms with Crippen LogP contribution in [0.4, 0.5) is 27.2 Å². The summed E-state index contributed by atoms with van der Waals surface area (Å²) in [5.41, 5.74) is 7.73. The Morgan fingerprint density at radius 2 is 2.04 bits per heavy atom. The zero-order chi connectivity index (χ0) is 19.5. The number of ether oxygens (including phenoxy) is 1. The van der Waals surface area contributed by atoms with Gasteiger partial charge in [-0.1, -0.05) is 23.5 Å². The molecule has 9 nitrogen and oxygen atoms in total. The first kappa shape index (κ1) is 18.2. The van der Waals surface area contributed by atoms with Crippen LogP contribution in [0.1, 0.15) is 6.92 Å². The summed E-state index contributed by atoms with van der Waals surface area (Å²) < 4.78 is 6.15. The Balaban J connectivity index is 1.49. The van der Waals surface area contributed by atoms with Crippen LogP contribution in [0, 0.1) is 0 Å². The number of nitrogens with one attached hydrogen (secondary N) is 1. The van der Waals surface area contributed by atoms with Gasteiger partial charge in [0.1, 0.15) is 12.0 Å². The smallest absolute Gasteiger partial charge is 0.409 e. The SMILES string of the molecule is CCOC(=O)N1CCN(c2ncnc(Nc3nc4ccccc4s3)c2N)CC1. The standard InChI is InChI=1S/C18H21N7O2S/c1-2-27-18(26)25-9-7-24(8-10-25)16-14(19)15(20-11-21-16)23-17-22-12-5-3-4-6-13(12)28-17/h3-6,11H,2,7-10,19H2,1H3,(H,20,21,22,23). The summed E-state index contributed by atoms with van der Waals surface area (Å²) in [7, 11) is 0. The Kier molecular flexibility index (Phi) is 5.11. The van der Waals surface area contributed by atoms with Crippen LogP contribution in [0.5, 0.6) is 0 Å². The lowest BCUT2D eigenvalue weighted by Crippen LogP contribution is -2.49. The number of rotatable bonds is 4. The average Bonchev–Trinajstić information content (AvgIpc) is 3.12. The van der Waals surface area contributed by atoms with E-state index in [1.54, 1.807) is 23.2 Å². The molecule has 28 heavy (non-hydrogen) atoms. The Bertz CT molecular complexity index is 952. The highest BCUT2D eigenvalue weighted by Gasteiger charge is 2.24. The van der Waals surface area contributed by atoms with Crippen molar-refractivity contribution in [1.29, 1.82) is 0 Å². The molecule has 4 rings (SSSR count). The molecule has 1 aromatic carbocycles. The van der Waals surface area contributed by atoms with Crippen molar-refractivity contribution < 1.29 is 9.53 Å². The summed E-state index contributed by atoms with van der Waals surface area (Å²) in [5, 5.41) is 3.93. The second-order valence-corrected chi connectivity index (χ2v) is 7.27. The molecule has 0 unspecified atom stereocenters. The van der Waals surface area contributed by atoms with Crippen molar-refractivity contribution in [1.82, 2.24) is 19.9 Å². The summed E-state index contributed by atoms with van der Waals surface area (Å²) in [5.74, 6) is 1.18. The van der Waals surface area contributed by atoms with Crippen molar-refractivity contribution in [3.05, 3.63) is 30.6 Å². The first-order valence-corrected chi connectivity index (χ1v) is 9.87. The van der Waals surface area contributed by atoms with Gasteiger partial charge >= 0.3 is 6.09 Å². The van der Waals surface area contributed by atoms with Crippen LogP contribution in [0.3, 0.4) is 0 Å². The molecule has 2 aromatic heterocycles. The van der Waals surface area contributed by atoms with Crippen molar-refractivity contribution in [2.75, 3.05) is 48.7 Å². The van der Waals surface area contributed by atoms with Gasteiger partial charge in [-0.2, -0.15) is 0 Å². The number of para-hydroxylation sites is 1. The van der Waals surface area contributed by atoms with Crippen LogP contribution < -0.4 is 16.0 Å². The van der Waals surface area contributed by atoms with Gasteiger partial charge in [0.25, 0.3) is 0 Å². The van der Waals surface area contributed by atoms with Gasteiger partial charge in [0, 0.05) is 26.2 Å². The molecule has 1 saturated heterocycles. The van der Waals surface area contributed by atoms with E-state index in [4.69, 9.17) is 10.5 Å². The van der Waals surface area contributed by atoms with E-state index in [2.05, 4.69) is 25.2 Å². The maximum absolute atomic E-state index is 11.9. The van der Waals surface area contributed by atoms with Crippen LogP contribution in [-0.2, 0) is 4.74 Å². The minimum Gasteiger partial charge on any atom is -0.450 e. The number of thiazole rings is 1. The fraction of sp³-hybridized carbons (Fsp3) is 0.333. The lowest BCUT2D eigenvalue weighted by molar-refractivity contribution is 0.105. The van der Waals surface area contributed by atoms with Crippen LogP contribution in [0.2, 0.25) is 0 Å². The fourth-order valence-electron chi connectivity index (χ4n) is 3.08. The zero-order valence-electron chi connectivity index (χ0n) is 15.5. The van der Waals surface area contributed by atoms with E-state index in [9.17, 15) is 4.79 Å². The van der Waals surface area contributed by atoms with Crippen LogP contribution in [-0.4, -0.2) is 58.7 Å². The minimum atomic E-state index is -0.281. The number of anilines is 4. The monoisotopic (exact) mass is 399 g/mol. The third-order valence-corrected chi connectivity index (χ3v) is 5.44. The highest BCUT2D eigenvalue weighted by Crippen LogP contribution is 2.32. The molecule has 0 radical (unpaired) electrons. The third kappa shape index (κ3) is 3.63. The predicted molar refractivity (Wildman–Crippen MR) is 110 cm³/mol. The molecule has 1 aliphatic rings. The highest BCUT2D eigenvalue weighted by molar-refractivity contribution is 7.22. The molecule has 146 valence electrons. The maximum Gasteiger partial charge on any atom is 0.409 e. The van der Waals surface area contributed by atoms with Crippen molar-refractivity contribution in [3.8, 4) is 0 Å². The summed E-state index contributed by atoms with van der Waals surface area (Å²) in [6.07, 6.45) is 1.20. The number of amides is 1. The molecular weight excluding hydrogens is 378 g/mol. The number of nitrogens with two attached hydrogens (primary N) is 1. The largest absolute Gasteiger partial charge is 0.450 e. The molecule has 0 spiro atoms. The maximum atomic E-state index is 11.9. The zero-order valence-corrected chi connectivity index (χ0v) is 16.3. The Morgan fingerprint density at radius 1 is 1.25 bits per heavy atom. The number of nitrogen functional groups attached to an aromatic ring is 1. The number of hydrogen-bond acceptors (Lipinski definition) is 9.